The SMILES string of the molecule is NCCc1ccc(CC2C3CC4CC(C3)CC2C4)cc1. The number of benzene rings is 1. The molecule has 4 saturated carbocycles. The summed E-state index contributed by atoms with van der Waals surface area (Å²) in [6.45, 7) is 0.759. The maximum Gasteiger partial charge on any atom is -0.00367 e. The molecule has 20 heavy (non-hydrogen) atoms. The Morgan fingerprint density at radius 2 is 1.35 bits per heavy atom. The fraction of sp³-hybridized carbons (Fsp3) is 0.684. The Kier molecular flexibility index (Phi) is 3.34. The van der Waals surface area contributed by atoms with Crippen LogP contribution >= 0.6 is 0 Å². The summed E-state index contributed by atoms with van der Waals surface area (Å²) in [5.41, 5.74) is 8.58. The number of hydrogen-bond acceptors (Lipinski definition) is 1. The van der Waals surface area contributed by atoms with Crippen LogP contribution in [0.25, 0.3) is 0 Å². The van der Waals surface area contributed by atoms with E-state index in [1.165, 1.54) is 12.0 Å². The molecule has 0 atom stereocenters. The lowest BCUT2D eigenvalue weighted by Gasteiger charge is -2.54. The third kappa shape index (κ3) is 2.30. The Morgan fingerprint density at radius 3 is 1.90 bits per heavy atom. The summed E-state index contributed by atoms with van der Waals surface area (Å²) in [4.78, 5) is 0. The number of hydrogen-bond donors (Lipinski definition) is 1. The Morgan fingerprint density at radius 1 is 0.800 bits per heavy atom. The molecule has 1 aromatic rings. The molecule has 0 radical (unpaired) electrons. The van der Waals surface area contributed by atoms with Gasteiger partial charge in [-0.05, 0) is 92.2 Å². The van der Waals surface area contributed by atoms with Crippen LogP contribution in [0.5, 0.6) is 0 Å². The van der Waals surface area contributed by atoms with Gasteiger partial charge in [-0.1, -0.05) is 24.3 Å². The first kappa shape index (κ1) is 12.9. The fourth-order valence-corrected chi connectivity index (χ4v) is 5.65. The van der Waals surface area contributed by atoms with Crippen LogP contribution < -0.4 is 5.73 Å². The molecule has 1 heteroatoms. The first-order valence-corrected chi connectivity index (χ1v) is 8.59. The van der Waals surface area contributed by atoms with E-state index in [9.17, 15) is 0 Å². The highest BCUT2D eigenvalue weighted by molar-refractivity contribution is 5.23. The van der Waals surface area contributed by atoms with Crippen molar-refractivity contribution < 1.29 is 0 Å². The molecule has 1 nitrogen and oxygen atoms in total. The van der Waals surface area contributed by atoms with Crippen LogP contribution in [0.2, 0.25) is 0 Å². The van der Waals surface area contributed by atoms with Crippen LogP contribution in [-0.4, -0.2) is 6.54 Å². The molecular formula is C19H27N. The van der Waals surface area contributed by atoms with E-state index in [1.54, 1.807) is 37.7 Å². The highest BCUT2D eigenvalue weighted by atomic mass is 14.5. The van der Waals surface area contributed by atoms with E-state index in [2.05, 4.69) is 24.3 Å². The zero-order valence-corrected chi connectivity index (χ0v) is 12.4. The minimum atomic E-state index is 0.759. The first-order chi connectivity index (χ1) is 9.81. The molecule has 0 heterocycles. The van der Waals surface area contributed by atoms with E-state index >= 15 is 0 Å². The molecule has 0 unspecified atom stereocenters. The summed E-state index contributed by atoms with van der Waals surface area (Å²) in [5.74, 6) is 5.29. The summed E-state index contributed by atoms with van der Waals surface area (Å²) in [5, 5.41) is 0. The van der Waals surface area contributed by atoms with Crippen molar-refractivity contribution in [2.45, 2.75) is 44.9 Å². The zero-order chi connectivity index (χ0) is 13.5. The Hall–Kier alpha value is -0.820. The second-order valence-electron chi connectivity index (χ2n) is 7.65. The number of rotatable bonds is 4. The van der Waals surface area contributed by atoms with Crippen molar-refractivity contribution in [3.05, 3.63) is 35.4 Å². The molecule has 4 aliphatic rings. The van der Waals surface area contributed by atoms with Gasteiger partial charge in [0.15, 0.2) is 0 Å². The monoisotopic (exact) mass is 269 g/mol. The smallest absolute Gasteiger partial charge is 0.00367 e. The Labute approximate surface area is 122 Å². The van der Waals surface area contributed by atoms with E-state index in [4.69, 9.17) is 5.73 Å². The van der Waals surface area contributed by atoms with Crippen molar-refractivity contribution in [3.8, 4) is 0 Å². The van der Waals surface area contributed by atoms with E-state index in [0.29, 0.717) is 0 Å². The maximum absolute atomic E-state index is 5.63. The van der Waals surface area contributed by atoms with Crippen LogP contribution in [-0.2, 0) is 12.8 Å². The molecule has 4 fully saturated rings. The first-order valence-electron chi connectivity index (χ1n) is 8.59. The molecule has 5 rings (SSSR count). The van der Waals surface area contributed by atoms with Crippen molar-refractivity contribution >= 4 is 0 Å². The molecule has 4 bridgehead atoms. The van der Waals surface area contributed by atoms with Gasteiger partial charge in [0.2, 0.25) is 0 Å². The molecule has 4 aliphatic carbocycles. The van der Waals surface area contributed by atoms with Crippen molar-refractivity contribution in [2.75, 3.05) is 6.54 Å². The molecule has 0 saturated heterocycles. The van der Waals surface area contributed by atoms with Crippen molar-refractivity contribution in [3.63, 3.8) is 0 Å². The van der Waals surface area contributed by atoms with E-state index in [-0.39, 0.29) is 0 Å². The fourth-order valence-electron chi connectivity index (χ4n) is 5.65. The summed E-state index contributed by atoms with van der Waals surface area (Å²) < 4.78 is 0. The van der Waals surface area contributed by atoms with Gasteiger partial charge in [0.05, 0.1) is 0 Å². The van der Waals surface area contributed by atoms with Crippen LogP contribution in [0, 0.1) is 29.6 Å². The molecule has 1 aromatic carbocycles. The largest absolute Gasteiger partial charge is 0.330 e. The standard InChI is InChI=1S/C19H27N/c20-6-5-13-1-3-14(4-2-13)12-19-17-8-15-7-16(10-17)11-18(19)9-15/h1-4,15-19H,5-12,20H2. The normalized spacial score (nSPS) is 38.4. The Balaban J connectivity index is 1.46. The van der Waals surface area contributed by atoms with Gasteiger partial charge in [-0.3, -0.25) is 0 Å². The summed E-state index contributed by atoms with van der Waals surface area (Å²) in [6.07, 6.45) is 10.1. The van der Waals surface area contributed by atoms with Gasteiger partial charge in [-0.25, -0.2) is 0 Å². The Bertz CT molecular complexity index is 433. The van der Waals surface area contributed by atoms with Crippen molar-refractivity contribution in [1.82, 2.24) is 0 Å². The predicted octanol–water partition coefficient (Wildman–Crippen LogP) is 3.80. The molecule has 0 aromatic heterocycles. The summed E-state index contributed by atoms with van der Waals surface area (Å²) in [7, 11) is 0. The molecule has 2 N–H and O–H groups in total. The van der Waals surface area contributed by atoms with Gasteiger partial charge in [0.25, 0.3) is 0 Å². The average Bonchev–Trinajstić information content (AvgIpc) is 2.44. The third-order valence-electron chi connectivity index (χ3n) is 6.35. The lowest BCUT2D eigenvalue weighted by atomic mass is 9.51. The summed E-state index contributed by atoms with van der Waals surface area (Å²) in [6, 6.07) is 9.29. The second-order valence-corrected chi connectivity index (χ2v) is 7.65. The highest BCUT2D eigenvalue weighted by Crippen LogP contribution is 2.57. The molecular weight excluding hydrogens is 242 g/mol. The zero-order valence-electron chi connectivity index (χ0n) is 12.4. The van der Waals surface area contributed by atoms with E-state index in [1.807, 2.05) is 0 Å². The lowest BCUT2D eigenvalue weighted by Crippen LogP contribution is -2.45. The van der Waals surface area contributed by atoms with E-state index < -0.39 is 0 Å². The summed E-state index contributed by atoms with van der Waals surface area (Å²) >= 11 is 0. The average molecular weight is 269 g/mol. The van der Waals surface area contributed by atoms with Crippen LogP contribution in [0.15, 0.2) is 24.3 Å². The lowest BCUT2D eigenvalue weighted by molar-refractivity contribution is -0.0360. The van der Waals surface area contributed by atoms with Gasteiger partial charge < -0.3 is 5.73 Å². The topological polar surface area (TPSA) is 26.0 Å². The van der Waals surface area contributed by atoms with Gasteiger partial charge >= 0.3 is 0 Å². The van der Waals surface area contributed by atoms with Crippen LogP contribution in [0.1, 0.15) is 43.2 Å². The maximum atomic E-state index is 5.63. The highest BCUT2D eigenvalue weighted by Gasteiger charge is 2.47. The van der Waals surface area contributed by atoms with Crippen molar-refractivity contribution in [1.29, 1.82) is 0 Å². The molecule has 0 aliphatic heterocycles. The molecule has 0 amide bonds. The quantitative estimate of drug-likeness (QED) is 0.884. The van der Waals surface area contributed by atoms with Gasteiger partial charge in [-0.2, -0.15) is 0 Å². The minimum absolute atomic E-state index is 0.759. The third-order valence-corrected chi connectivity index (χ3v) is 6.35. The van der Waals surface area contributed by atoms with Gasteiger partial charge in [0, 0.05) is 0 Å². The van der Waals surface area contributed by atoms with Crippen molar-refractivity contribution in [2.24, 2.45) is 35.3 Å². The van der Waals surface area contributed by atoms with Gasteiger partial charge in [-0.15, -0.1) is 0 Å². The molecule has 108 valence electrons. The predicted molar refractivity (Wildman–Crippen MR) is 83.4 cm³/mol. The minimum Gasteiger partial charge on any atom is -0.330 e. The molecule has 0 spiro atoms. The second kappa shape index (κ2) is 5.18. The number of nitrogens with two attached hydrogens (primary N) is 1. The van der Waals surface area contributed by atoms with E-state index in [0.717, 1.165) is 42.6 Å². The van der Waals surface area contributed by atoms with Gasteiger partial charge in [0.1, 0.15) is 0 Å². The van der Waals surface area contributed by atoms with Crippen LogP contribution in [0.3, 0.4) is 0 Å². The van der Waals surface area contributed by atoms with Crippen LogP contribution in [0.4, 0.5) is 0 Å².